The van der Waals surface area contributed by atoms with Gasteiger partial charge >= 0.3 is 6.03 Å². The maximum Gasteiger partial charge on any atom is 0.318 e. The van der Waals surface area contributed by atoms with E-state index in [4.69, 9.17) is 5.73 Å². The van der Waals surface area contributed by atoms with Gasteiger partial charge < -0.3 is 5.73 Å². The predicted octanol–water partition coefficient (Wildman–Crippen LogP) is 1.72. The normalized spacial score (nSPS) is 10.3. The summed E-state index contributed by atoms with van der Waals surface area (Å²) in [4.78, 5) is 21.6. The van der Waals surface area contributed by atoms with Crippen LogP contribution in [0.5, 0.6) is 0 Å². The summed E-state index contributed by atoms with van der Waals surface area (Å²) in [5, 5.41) is 9.97. The van der Waals surface area contributed by atoms with E-state index in [9.17, 15) is 9.59 Å². The Balaban J connectivity index is 2.30. The summed E-state index contributed by atoms with van der Waals surface area (Å²) in [6.45, 7) is 2.14. The van der Waals surface area contributed by atoms with Crippen LogP contribution in [0.1, 0.15) is 19.8 Å². The fourth-order valence-electron chi connectivity index (χ4n) is 0.918. The van der Waals surface area contributed by atoms with Crippen molar-refractivity contribution in [3.8, 4) is 0 Å². The zero-order valence-electron chi connectivity index (χ0n) is 9.84. The molecule has 0 aliphatic carbocycles. The topological polar surface area (TPSA) is 98.0 Å². The van der Waals surface area contributed by atoms with Crippen molar-refractivity contribution < 1.29 is 9.59 Å². The molecule has 0 atom stereocenters. The van der Waals surface area contributed by atoms with Gasteiger partial charge in [-0.25, -0.2) is 4.79 Å². The molecule has 100 valence electrons. The highest BCUT2D eigenvalue weighted by Gasteiger charge is 2.09. The summed E-state index contributed by atoms with van der Waals surface area (Å²) in [5.74, 6) is 0.706. The number of nitrogens with zero attached hydrogens (tertiary/aromatic N) is 2. The second-order valence-electron chi connectivity index (χ2n) is 3.24. The van der Waals surface area contributed by atoms with Gasteiger partial charge in [-0.05, 0) is 6.42 Å². The van der Waals surface area contributed by atoms with Crippen LogP contribution in [0.15, 0.2) is 8.68 Å². The molecule has 0 saturated heterocycles. The lowest BCUT2D eigenvalue weighted by Gasteiger charge is -1.97. The third-order valence-corrected chi connectivity index (χ3v) is 4.98. The molecule has 18 heavy (non-hydrogen) atoms. The monoisotopic (exact) mass is 306 g/mol. The minimum Gasteiger partial charge on any atom is -0.351 e. The number of nitrogens with one attached hydrogen (secondary N) is 1. The predicted molar refractivity (Wildman–Crippen MR) is 74.0 cm³/mol. The number of aromatic nitrogens is 2. The fraction of sp³-hybridized carbons (Fsp3) is 0.556. The Bertz CT molecular complexity index is 410. The Morgan fingerprint density at radius 2 is 2.00 bits per heavy atom. The van der Waals surface area contributed by atoms with Gasteiger partial charge in [-0.1, -0.05) is 48.2 Å². The molecular formula is C9H14N4O2S3. The third kappa shape index (κ3) is 6.22. The summed E-state index contributed by atoms with van der Waals surface area (Å²) >= 11 is 4.36. The van der Waals surface area contributed by atoms with Crippen LogP contribution in [0, 0.1) is 0 Å². The molecule has 0 aromatic carbocycles. The molecule has 6 nitrogen and oxygen atoms in total. The Hall–Kier alpha value is -0.800. The SMILES string of the molecule is CCCCSc1nnc(SCC(=O)NC(N)=O)s1. The number of hydrogen-bond donors (Lipinski definition) is 2. The van der Waals surface area contributed by atoms with Crippen molar-refractivity contribution in [2.45, 2.75) is 28.4 Å². The summed E-state index contributed by atoms with van der Waals surface area (Å²) in [6, 6.07) is -0.839. The van der Waals surface area contributed by atoms with Crippen molar-refractivity contribution in [3.05, 3.63) is 0 Å². The first-order valence-electron chi connectivity index (χ1n) is 5.30. The minimum atomic E-state index is -0.839. The lowest BCUT2D eigenvalue weighted by molar-refractivity contribution is -0.117. The second-order valence-corrected chi connectivity index (χ2v) is 6.78. The molecule has 0 unspecified atom stereocenters. The molecular weight excluding hydrogens is 292 g/mol. The minimum absolute atomic E-state index is 0.108. The first kappa shape index (κ1) is 15.3. The molecule has 0 bridgehead atoms. The number of rotatable bonds is 7. The molecule has 1 rings (SSSR count). The van der Waals surface area contributed by atoms with E-state index in [-0.39, 0.29) is 5.75 Å². The Labute approximate surface area is 117 Å². The summed E-state index contributed by atoms with van der Waals surface area (Å²) < 4.78 is 1.62. The number of nitrogens with two attached hydrogens (primary N) is 1. The van der Waals surface area contributed by atoms with E-state index in [1.54, 1.807) is 11.8 Å². The van der Waals surface area contributed by atoms with E-state index in [0.29, 0.717) is 4.34 Å². The molecule has 0 aliphatic heterocycles. The van der Waals surface area contributed by atoms with Crippen LogP contribution in [0.3, 0.4) is 0 Å². The zero-order chi connectivity index (χ0) is 13.4. The molecule has 0 spiro atoms. The Morgan fingerprint density at radius 3 is 2.61 bits per heavy atom. The largest absolute Gasteiger partial charge is 0.351 e. The molecule has 1 heterocycles. The van der Waals surface area contributed by atoms with Gasteiger partial charge in [0.25, 0.3) is 0 Å². The van der Waals surface area contributed by atoms with Crippen LogP contribution in [0.2, 0.25) is 0 Å². The van der Waals surface area contributed by atoms with Crippen molar-refractivity contribution in [1.29, 1.82) is 0 Å². The third-order valence-electron chi connectivity index (χ3n) is 1.70. The van der Waals surface area contributed by atoms with Gasteiger partial charge in [0, 0.05) is 5.75 Å². The zero-order valence-corrected chi connectivity index (χ0v) is 12.3. The Kier molecular flexibility index (Phi) is 7.06. The number of imide groups is 1. The first-order valence-corrected chi connectivity index (χ1v) is 8.09. The van der Waals surface area contributed by atoms with Crippen molar-refractivity contribution >= 4 is 46.8 Å². The molecule has 1 aromatic rings. The van der Waals surface area contributed by atoms with E-state index in [0.717, 1.165) is 22.9 Å². The van der Waals surface area contributed by atoms with Gasteiger partial charge in [0.1, 0.15) is 0 Å². The molecule has 3 amide bonds. The maximum absolute atomic E-state index is 11.2. The summed E-state index contributed by atoms with van der Waals surface area (Å²) in [5.41, 5.74) is 4.83. The average molecular weight is 306 g/mol. The van der Waals surface area contributed by atoms with Gasteiger partial charge in [0.05, 0.1) is 5.75 Å². The van der Waals surface area contributed by atoms with E-state index in [2.05, 4.69) is 17.1 Å². The van der Waals surface area contributed by atoms with Crippen LogP contribution in [-0.2, 0) is 4.79 Å². The molecule has 0 fully saturated rings. The highest BCUT2D eigenvalue weighted by atomic mass is 32.2. The van der Waals surface area contributed by atoms with Crippen LogP contribution in [0.25, 0.3) is 0 Å². The van der Waals surface area contributed by atoms with E-state index in [1.807, 2.05) is 5.32 Å². The van der Waals surface area contributed by atoms with Crippen molar-refractivity contribution in [1.82, 2.24) is 15.5 Å². The van der Waals surface area contributed by atoms with E-state index >= 15 is 0 Å². The van der Waals surface area contributed by atoms with E-state index in [1.165, 1.54) is 23.1 Å². The second kappa shape index (κ2) is 8.33. The van der Waals surface area contributed by atoms with Crippen LogP contribution in [0.4, 0.5) is 4.79 Å². The lowest BCUT2D eigenvalue weighted by Crippen LogP contribution is -2.36. The quantitative estimate of drug-likeness (QED) is 0.588. The number of amides is 3. The number of urea groups is 1. The van der Waals surface area contributed by atoms with Crippen LogP contribution in [-0.4, -0.2) is 33.6 Å². The molecule has 0 saturated carbocycles. The number of thioether (sulfide) groups is 2. The van der Waals surface area contributed by atoms with Crippen molar-refractivity contribution in [2.24, 2.45) is 5.73 Å². The van der Waals surface area contributed by atoms with Gasteiger partial charge in [0.15, 0.2) is 8.68 Å². The van der Waals surface area contributed by atoms with Gasteiger partial charge in [0.2, 0.25) is 5.91 Å². The number of hydrogen-bond acceptors (Lipinski definition) is 7. The standard InChI is InChI=1S/C9H14N4O2S3/c1-2-3-4-16-8-12-13-9(18-8)17-5-6(14)11-7(10)15/h2-5H2,1H3,(H3,10,11,14,15). The van der Waals surface area contributed by atoms with Crippen LogP contribution >= 0.6 is 34.9 Å². The summed E-state index contributed by atoms with van der Waals surface area (Å²) in [7, 11) is 0. The molecule has 0 aliphatic rings. The van der Waals surface area contributed by atoms with Gasteiger partial charge in [-0.15, -0.1) is 10.2 Å². The maximum atomic E-state index is 11.2. The smallest absolute Gasteiger partial charge is 0.318 e. The molecule has 9 heteroatoms. The lowest BCUT2D eigenvalue weighted by atomic mass is 10.4. The fourth-order valence-corrected chi connectivity index (χ4v) is 3.89. The molecule has 0 radical (unpaired) electrons. The number of primary amides is 1. The van der Waals surface area contributed by atoms with Gasteiger partial charge in [-0.3, -0.25) is 10.1 Å². The molecule has 3 N–H and O–H groups in total. The Morgan fingerprint density at radius 1 is 1.33 bits per heavy atom. The first-order chi connectivity index (χ1) is 8.61. The molecule has 1 aromatic heterocycles. The average Bonchev–Trinajstić information content (AvgIpc) is 2.74. The van der Waals surface area contributed by atoms with E-state index < -0.39 is 11.9 Å². The van der Waals surface area contributed by atoms with Crippen LogP contribution < -0.4 is 11.1 Å². The number of carbonyl (C=O) groups excluding carboxylic acids is 2. The number of carbonyl (C=O) groups is 2. The van der Waals surface area contributed by atoms with Gasteiger partial charge in [-0.2, -0.15) is 0 Å². The summed E-state index contributed by atoms with van der Waals surface area (Å²) in [6.07, 6.45) is 2.30. The number of unbranched alkanes of at least 4 members (excludes halogenated alkanes) is 1. The van der Waals surface area contributed by atoms with Crippen molar-refractivity contribution in [2.75, 3.05) is 11.5 Å². The highest BCUT2D eigenvalue weighted by molar-refractivity contribution is 8.03. The van der Waals surface area contributed by atoms with Crippen molar-refractivity contribution in [3.63, 3.8) is 0 Å². The highest BCUT2D eigenvalue weighted by Crippen LogP contribution is 2.28.